The van der Waals surface area contributed by atoms with E-state index < -0.39 is 0 Å². The smallest absolute Gasteiger partial charge is 0.158 e. The molecule has 0 heterocycles. The van der Waals surface area contributed by atoms with Crippen LogP contribution in [0.1, 0.15) is 0 Å². The fourth-order valence-corrected chi connectivity index (χ4v) is 2.36. The fourth-order valence-electron chi connectivity index (χ4n) is 0.730. The highest BCUT2D eigenvalue weighted by Crippen LogP contribution is 2.42. The van der Waals surface area contributed by atoms with Gasteiger partial charge in [0.25, 0.3) is 0 Å². The molecule has 1 aromatic carbocycles. The second-order valence-electron chi connectivity index (χ2n) is 2.00. The average Bonchev–Trinajstić information content (AvgIpc) is 2.02. The monoisotopic (exact) mass is 332 g/mol. The summed E-state index contributed by atoms with van der Waals surface area (Å²) in [4.78, 5) is 0. The largest absolute Gasteiger partial charge is 0.494 e. The zero-order valence-electron chi connectivity index (χ0n) is 6.00. The van der Waals surface area contributed by atoms with E-state index in [1.54, 1.807) is 6.07 Å². The van der Waals surface area contributed by atoms with Gasteiger partial charge >= 0.3 is 0 Å². The Kier molecular flexibility index (Phi) is 3.71. The Morgan fingerprint density at radius 3 is 1.92 bits per heavy atom. The maximum Gasteiger partial charge on any atom is 0.158 e. The standard InChI is InChI=1S/C7H4Br2Cl2O/c1-12-7-5(10)3(8)2-4(9)6(7)11/h2H,1H3. The zero-order valence-corrected chi connectivity index (χ0v) is 10.7. The Balaban J connectivity index is 3.42. The van der Waals surface area contributed by atoms with Gasteiger partial charge in [-0.3, -0.25) is 0 Å². The predicted octanol–water partition coefficient (Wildman–Crippen LogP) is 4.53. The summed E-state index contributed by atoms with van der Waals surface area (Å²) in [6.45, 7) is 0. The van der Waals surface area contributed by atoms with Gasteiger partial charge in [-0.1, -0.05) is 23.2 Å². The van der Waals surface area contributed by atoms with Gasteiger partial charge in [0.2, 0.25) is 0 Å². The normalized spacial score (nSPS) is 10.1. The lowest BCUT2D eigenvalue weighted by molar-refractivity contribution is 0.414. The van der Waals surface area contributed by atoms with Crippen LogP contribution >= 0.6 is 55.1 Å². The van der Waals surface area contributed by atoms with Gasteiger partial charge in [0.1, 0.15) is 0 Å². The van der Waals surface area contributed by atoms with E-state index in [9.17, 15) is 0 Å². The first kappa shape index (κ1) is 10.6. The Morgan fingerprint density at radius 1 is 1.17 bits per heavy atom. The van der Waals surface area contributed by atoms with Gasteiger partial charge in [-0.2, -0.15) is 0 Å². The molecule has 1 nitrogen and oxygen atoms in total. The number of benzene rings is 1. The van der Waals surface area contributed by atoms with Crippen molar-refractivity contribution in [3.63, 3.8) is 0 Å². The molecule has 0 aliphatic heterocycles. The van der Waals surface area contributed by atoms with Crippen molar-refractivity contribution in [2.45, 2.75) is 0 Å². The number of halogens is 4. The van der Waals surface area contributed by atoms with Crippen LogP contribution in [0.3, 0.4) is 0 Å². The van der Waals surface area contributed by atoms with E-state index in [-0.39, 0.29) is 0 Å². The van der Waals surface area contributed by atoms with Crippen LogP contribution in [-0.4, -0.2) is 7.11 Å². The number of hydrogen-bond acceptors (Lipinski definition) is 1. The van der Waals surface area contributed by atoms with Crippen LogP contribution in [0.5, 0.6) is 5.75 Å². The van der Waals surface area contributed by atoms with Gasteiger partial charge in [0, 0.05) is 8.95 Å². The van der Waals surface area contributed by atoms with Gasteiger partial charge in [-0.15, -0.1) is 0 Å². The number of rotatable bonds is 1. The summed E-state index contributed by atoms with van der Waals surface area (Å²) in [6.07, 6.45) is 0. The third-order valence-electron chi connectivity index (χ3n) is 1.28. The van der Waals surface area contributed by atoms with Crippen LogP contribution in [0.25, 0.3) is 0 Å². The minimum Gasteiger partial charge on any atom is -0.494 e. The van der Waals surface area contributed by atoms with Gasteiger partial charge in [-0.05, 0) is 37.9 Å². The van der Waals surface area contributed by atoms with E-state index in [2.05, 4.69) is 31.9 Å². The van der Waals surface area contributed by atoms with Crippen LogP contribution in [0.2, 0.25) is 10.0 Å². The molecule has 1 aromatic rings. The predicted molar refractivity (Wildman–Crippen MR) is 58.4 cm³/mol. The van der Waals surface area contributed by atoms with Crippen LogP contribution in [0.4, 0.5) is 0 Å². The van der Waals surface area contributed by atoms with Gasteiger partial charge in [0.15, 0.2) is 5.75 Å². The van der Waals surface area contributed by atoms with Crippen molar-refractivity contribution in [1.82, 2.24) is 0 Å². The molecule has 0 aromatic heterocycles. The highest BCUT2D eigenvalue weighted by molar-refractivity contribution is 9.11. The fraction of sp³-hybridized carbons (Fsp3) is 0.143. The maximum atomic E-state index is 5.89. The van der Waals surface area contributed by atoms with E-state index in [4.69, 9.17) is 27.9 Å². The Labute approximate surface area is 97.3 Å². The van der Waals surface area contributed by atoms with E-state index >= 15 is 0 Å². The summed E-state index contributed by atoms with van der Waals surface area (Å²) in [5.74, 6) is 0.472. The second-order valence-corrected chi connectivity index (χ2v) is 4.47. The van der Waals surface area contributed by atoms with E-state index in [0.29, 0.717) is 15.8 Å². The summed E-state index contributed by atoms with van der Waals surface area (Å²) in [7, 11) is 1.52. The first-order valence-corrected chi connectivity index (χ1v) is 5.29. The Morgan fingerprint density at radius 2 is 1.58 bits per heavy atom. The average molecular weight is 335 g/mol. The lowest BCUT2D eigenvalue weighted by Gasteiger charge is -2.08. The molecule has 0 aliphatic carbocycles. The molecule has 66 valence electrons. The zero-order chi connectivity index (χ0) is 9.30. The molecule has 12 heavy (non-hydrogen) atoms. The summed E-state index contributed by atoms with van der Waals surface area (Å²) in [6, 6.07) is 1.77. The van der Waals surface area contributed by atoms with Crippen molar-refractivity contribution in [3.05, 3.63) is 25.1 Å². The molecule has 1 rings (SSSR count). The number of methoxy groups -OCH3 is 1. The maximum absolute atomic E-state index is 5.89. The quantitative estimate of drug-likeness (QED) is 0.686. The lowest BCUT2D eigenvalue weighted by atomic mass is 10.3. The molecule has 0 saturated carbocycles. The van der Waals surface area contributed by atoms with Gasteiger partial charge < -0.3 is 4.74 Å². The molecular weight excluding hydrogens is 331 g/mol. The first-order valence-electron chi connectivity index (χ1n) is 2.95. The first-order chi connectivity index (χ1) is 5.57. The third-order valence-corrected chi connectivity index (χ3v) is 3.73. The van der Waals surface area contributed by atoms with E-state index in [1.807, 2.05) is 0 Å². The lowest BCUT2D eigenvalue weighted by Crippen LogP contribution is -1.87. The highest BCUT2D eigenvalue weighted by atomic mass is 79.9. The molecule has 0 atom stereocenters. The van der Waals surface area contributed by atoms with Crippen LogP contribution in [0.15, 0.2) is 15.0 Å². The van der Waals surface area contributed by atoms with Crippen molar-refractivity contribution in [2.24, 2.45) is 0 Å². The topological polar surface area (TPSA) is 9.23 Å². The second kappa shape index (κ2) is 4.18. The molecule has 0 saturated heterocycles. The highest BCUT2D eigenvalue weighted by Gasteiger charge is 2.13. The molecule has 0 amide bonds. The summed E-state index contributed by atoms with van der Waals surface area (Å²) < 4.78 is 6.51. The number of ether oxygens (including phenoxy) is 1. The molecule has 5 heteroatoms. The Hall–Kier alpha value is 0.560. The SMILES string of the molecule is COc1c(Cl)c(Br)cc(Br)c1Cl. The summed E-state index contributed by atoms with van der Waals surface area (Å²) in [5, 5.41) is 0.955. The summed E-state index contributed by atoms with van der Waals surface area (Å²) in [5.41, 5.74) is 0. The van der Waals surface area contributed by atoms with Crippen molar-refractivity contribution in [1.29, 1.82) is 0 Å². The third kappa shape index (κ3) is 1.90. The van der Waals surface area contributed by atoms with Crippen LogP contribution < -0.4 is 4.74 Å². The number of hydrogen-bond donors (Lipinski definition) is 0. The van der Waals surface area contributed by atoms with Crippen LogP contribution in [0, 0.1) is 0 Å². The molecular formula is C7H4Br2Cl2O. The molecule has 0 aliphatic rings. The molecule has 0 radical (unpaired) electrons. The van der Waals surface area contributed by atoms with Crippen molar-refractivity contribution in [2.75, 3.05) is 7.11 Å². The molecule has 0 bridgehead atoms. The Bertz CT molecular complexity index is 289. The van der Waals surface area contributed by atoms with Crippen molar-refractivity contribution < 1.29 is 4.74 Å². The molecule has 0 spiro atoms. The molecule has 0 unspecified atom stereocenters. The van der Waals surface area contributed by atoms with E-state index in [0.717, 1.165) is 8.95 Å². The minimum absolute atomic E-state index is 0.472. The van der Waals surface area contributed by atoms with Crippen molar-refractivity contribution in [3.8, 4) is 5.75 Å². The molecule has 0 N–H and O–H groups in total. The summed E-state index contributed by atoms with van der Waals surface area (Å²) >= 11 is 18.3. The van der Waals surface area contributed by atoms with Crippen molar-refractivity contribution >= 4 is 55.1 Å². The van der Waals surface area contributed by atoms with E-state index in [1.165, 1.54) is 7.11 Å². The van der Waals surface area contributed by atoms with Gasteiger partial charge in [0.05, 0.1) is 17.2 Å². The van der Waals surface area contributed by atoms with Crippen LogP contribution in [-0.2, 0) is 0 Å². The van der Waals surface area contributed by atoms with Gasteiger partial charge in [-0.25, -0.2) is 0 Å². The molecule has 0 fully saturated rings. The minimum atomic E-state index is 0.472.